The predicted octanol–water partition coefficient (Wildman–Crippen LogP) is 2.85. The molecule has 0 saturated carbocycles. The van der Waals surface area contributed by atoms with Crippen LogP contribution >= 0.6 is 11.8 Å². The summed E-state index contributed by atoms with van der Waals surface area (Å²) < 4.78 is 5.87. The van der Waals surface area contributed by atoms with Crippen LogP contribution in [0.3, 0.4) is 0 Å². The van der Waals surface area contributed by atoms with Crippen molar-refractivity contribution in [1.29, 1.82) is 0 Å². The Morgan fingerprint density at radius 1 is 1.38 bits per heavy atom. The minimum Gasteiger partial charge on any atom is -0.381 e. The van der Waals surface area contributed by atoms with Gasteiger partial charge in [0.1, 0.15) is 0 Å². The normalized spacial score (nSPS) is 35.3. The Bertz CT molecular complexity index is 305. The molecule has 21 heavy (non-hydrogen) atoms. The van der Waals surface area contributed by atoms with E-state index >= 15 is 0 Å². The fourth-order valence-electron chi connectivity index (χ4n) is 3.51. The van der Waals surface area contributed by atoms with E-state index in [9.17, 15) is 0 Å². The standard InChI is InChI=1S/C17H34N2OS/c1-14(2)10-18-11-17(6-5-8-20-13-17)12-19-7-9-21-16(4)15(19)3/h14-16,18H,5-13H2,1-4H3. The van der Waals surface area contributed by atoms with Crippen molar-refractivity contribution in [2.24, 2.45) is 11.3 Å². The Kier molecular flexibility index (Phi) is 6.85. The van der Waals surface area contributed by atoms with Crippen molar-refractivity contribution in [3.8, 4) is 0 Å². The number of hydrogen-bond donors (Lipinski definition) is 1. The van der Waals surface area contributed by atoms with Gasteiger partial charge >= 0.3 is 0 Å². The zero-order valence-electron chi connectivity index (χ0n) is 14.4. The zero-order chi connectivity index (χ0) is 15.3. The molecular formula is C17H34N2OS. The zero-order valence-corrected chi connectivity index (χ0v) is 15.2. The lowest BCUT2D eigenvalue weighted by Gasteiger charge is -2.46. The monoisotopic (exact) mass is 314 g/mol. The van der Waals surface area contributed by atoms with Gasteiger partial charge in [0.05, 0.1) is 6.61 Å². The molecule has 2 heterocycles. The summed E-state index contributed by atoms with van der Waals surface area (Å²) in [7, 11) is 0. The third kappa shape index (κ3) is 5.12. The molecule has 3 atom stereocenters. The molecule has 0 aromatic carbocycles. The first-order valence-corrected chi connectivity index (χ1v) is 9.71. The quantitative estimate of drug-likeness (QED) is 0.815. The van der Waals surface area contributed by atoms with Crippen LogP contribution in [-0.4, -0.2) is 61.3 Å². The van der Waals surface area contributed by atoms with Gasteiger partial charge in [-0.15, -0.1) is 0 Å². The first-order chi connectivity index (χ1) is 10.0. The average Bonchev–Trinajstić information content (AvgIpc) is 2.44. The van der Waals surface area contributed by atoms with Crippen LogP contribution in [0.5, 0.6) is 0 Å². The van der Waals surface area contributed by atoms with E-state index in [0.29, 0.717) is 11.5 Å². The molecule has 0 radical (unpaired) electrons. The van der Waals surface area contributed by atoms with Gasteiger partial charge in [-0.05, 0) is 32.2 Å². The summed E-state index contributed by atoms with van der Waals surface area (Å²) in [5, 5.41) is 4.45. The smallest absolute Gasteiger partial charge is 0.0546 e. The van der Waals surface area contributed by atoms with E-state index in [0.717, 1.165) is 37.5 Å². The van der Waals surface area contributed by atoms with E-state index in [1.165, 1.54) is 31.7 Å². The van der Waals surface area contributed by atoms with Crippen LogP contribution in [0.25, 0.3) is 0 Å². The molecule has 0 aromatic heterocycles. The summed E-state index contributed by atoms with van der Waals surface area (Å²) in [5.74, 6) is 2.00. The molecule has 2 aliphatic rings. The maximum absolute atomic E-state index is 5.87. The molecule has 1 N–H and O–H groups in total. The lowest BCUT2D eigenvalue weighted by atomic mass is 9.81. The lowest BCUT2D eigenvalue weighted by Crippen LogP contribution is -2.54. The van der Waals surface area contributed by atoms with Crippen molar-refractivity contribution in [2.45, 2.75) is 51.8 Å². The van der Waals surface area contributed by atoms with Crippen LogP contribution in [0.4, 0.5) is 0 Å². The first-order valence-electron chi connectivity index (χ1n) is 8.66. The van der Waals surface area contributed by atoms with E-state index in [2.05, 4.69) is 49.7 Å². The molecule has 3 nitrogen and oxygen atoms in total. The molecule has 0 amide bonds. The Morgan fingerprint density at radius 2 is 2.19 bits per heavy atom. The molecule has 0 aliphatic carbocycles. The highest BCUT2D eigenvalue weighted by Crippen LogP contribution is 2.33. The van der Waals surface area contributed by atoms with Crippen molar-refractivity contribution in [1.82, 2.24) is 10.2 Å². The maximum Gasteiger partial charge on any atom is 0.0546 e. The van der Waals surface area contributed by atoms with Crippen molar-refractivity contribution < 1.29 is 4.74 Å². The van der Waals surface area contributed by atoms with Gasteiger partial charge in [0.25, 0.3) is 0 Å². The number of rotatable bonds is 6. The Labute approximate surface area is 135 Å². The number of ether oxygens (including phenoxy) is 1. The Hall–Kier alpha value is 0.230. The fraction of sp³-hybridized carbons (Fsp3) is 1.00. The summed E-state index contributed by atoms with van der Waals surface area (Å²) >= 11 is 2.12. The number of thioether (sulfide) groups is 1. The second-order valence-corrected chi connectivity index (χ2v) is 8.95. The van der Waals surface area contributed by atoms with E-state index in [1.807, 2.05) is 0 Å². The number of nitrogens with one attached hydrogen (secondary N) is 1. The molecule has 0 bridgehead atoms. The first kappa shape index (κ1) is 17.6. The minimum absolute atomic E-state index is 0.323. The molecule has 2 rings (SSSR count). The van der Waals surface area contributed by atoms with Crippen LogP contribution in [0.2, 0.25) is 0 Å². The second-order valence-electron chi connectivity index (χ2n) is 7.47. The van der Waals surface area contributed by atoms with Crippen molar-refractivity contribution in [3.63, 3.8) is 0 Å². The molecular weight excluding hydrogens is 280 g/mol. The van der Waals surface area contributed by atoms with E-state index < -0.39 is 0 Å². The van der Waals surface area contributed by atoms with E-state index in [4.69, 9.17) is 4.74 Å². The molecule has 0 aromatic rings. The van der Waals surface area contributed by atoms with Gasteiger partial charge in [0, 0.05) is 48.7 Å². The number of nitrogens with zero attached hydrogens (tertiary/aromatic N) is 1. The second kappa shape index (κ2) is 8.19. The van der Waals surface area contributed by atoms with Crippen LogP contribution < -0.4 is 5.32 Å². The third-order valence-electron chi connectivity index (χ3n) is 5.01. The van der Waals surface area contributed by atoms with Gasteiger partial charge in [-0.25, -0.2) is 0 Å². The van der Waals surface area contributed by atoms with Gasteiger partial charge in [-0.3, -0.25) is 4.90 Å². The van der Waals surface area contributed by atoms with Gasteiger partial charge in [-0.1, -0.05) is 20.8 Å². The lowest BCUT2D eigenvalue weighted by molar-refractivity contribution is -0.0315. The van der Waals surface area contributed by atoms with Crippen molar-refractivity contribution >= 4 is 11.8 Å². The van der Waals surface area contributed by atoms with Gasteiger partial charge in [-0.2, -0.15) is 11.8 Å². The van der Waals surface area contributed by atoms with Crippen molar-refractivity contribution in [2.75, 3.05) is 45.1 Å². The summed E-state index contributed by atoms with van der Waals surface area (Å²) in [4.78, 5) is 2.72. The average molecular weight is 315 g/mol. The Morgan fingerprint density at radius 3 is 2.86 bits per heavy atom. The summed E-state index contributed by atoms with van der Waals surface area (Å²) in [6.07, 6.45) is 2.53. The highest BCUT2D eigenvalue weighted by atomic mass is 32.2. The molecule has 2 fully saturated rings. The molecule has 3 unspecified atom stereocenters. The third-order valence-corrected chi connectivity index (χ3v) is 6.35. The van der Waals surface area contributed by atoms with Gasteiger partial charge in [0.2, 0.25) is 0 Å². The molecule has 2 saturated heterocycles. The fourth-order valence-corrected chi connectivity index (χ4v) is 4.67. The molecule has 0 spiro atoms. The minimum atomic E-state index is 0.323. The van der Waals surface area contributed by atoms with Gasteiger partial charge in [0.15, 0.2) is 0 Å². The molecule has 2 aliphatic heterocycles. The van der Waals surface area contributed by atoms with Gasteiger partial charge < -0.3 is 10.1 Å². The van der Waals surface area contributed by atoms with E-state index in [-0.39, 0.29) is 0 Å². The SMILES string of the molecule is CC(C)CNCC1(CN2CCSC(C)C2C)CCCOC1. The van der Waals surface area contributed by atoms with Crippen LogP contribution in [0.1, 0.15) is 40.5 Å². The van der Waals surface area contributed by atoms with Crippen LogP contribution in [0, 0.1) is 11.3 Å². The van der Waals surface area contributed by atoms with Crippen LogP contribution in [0.15, 0.2) is 0 Å². The number of hydrogen-bond acceptors (Lipinski definition) is 4. The highest BCUT2D eigenvalue weighted by Gasteiger charge is 2.37. The maximum atomic E-state index is 5.87. The van der Waals surface area contributed by atoms with E-state index in [1.54, 1.807) is 0 Å². The van der Waals surface area contributed by atoms with Crippen LogP contribution in [-0.2, 0) is 4.74 Å². The topological polar surface area (TPSA) is 24.5 Å². The molecule has 4 heteroatoms. The predicted molar refractivity (Wildman–Crippen MR) is 93.1 cm³/mol. The van der Waals surface area contributed by atoms with Crippen molar-refractivity contribution in [3.05, 3.63) is 0 Å². The Balaban J connectivity index is 1.94. The summed E-state index contributed by atoms with van der Waals surface area (Å²) in [5.41, 5.74) is 0.323. The summed E-state index contributed by atoms with van der Waals surface area (Å²) in [6.45, 7) is 15.9. The molecule has 124 valence electrons. The largest absolute Gasteiger partial charge is 0.381 e. The highest BCUT2D eigenvalue weighted by molar-refractivity contribution is 8.00. The summed E-state index contributed by atoms with van der Waals surface area (Å²) in [6, 6.07) is 0.688.